The minimum Gasteiger partial charge on any atom is -0.493 e. The van der Waals surface area contributed by atoms with Crippen molar-refractivity contribution in [3.05, 3.63) is 199 Å². The molecule has 0 saturated carbocycles. The van der Waals surface area contributed by atoms with E-state index in [-0.39, 0.29) is 43.1 Å². The van der Waals surface area contributed by atoms with E-state index < -0.39 is 23.9 Å². The molecule has 4 aliphatic heterocycles. The van der Waals surface area contributed by atoms with Gasteiger partial charge in [-0.05, 0) is 94.0 Å². The maximum absolute atomic E-state index is 13.9. The summed E-state index contributed by atoms with van der Waals surface area (Å²) in [4.78, 5) is 54.1. The van der Waals surface area contributed by atoms with E-state index in [1.807, 2.05) is 91.0 Å². The molecule has 0 fully saturated rings. The second kappa shape index (κ2) is 16.5. The highest BCUT2D eigenvalue weighted by Crippen LogP contribution is 2.43. The van der Waals surface area contributed by atoms with Crippen molar-refractivity contribution in [3.63, 3.8) is 0 Å². The number of benzene rings is 8. The van der Waals surface area contributed by atoms with E-state index in [1.54, 1.807) is 30.3 Å². The molecule has 0 atom stereocenters. The molecular formula is C59H33Cl2NO11. The minimum atomic E-state index is -0.725. The van der Waals surface area contributed by atoms with Gasteiger partial charge in [-0.25, -0.2) is 19.2 Å². The number of carbonyl (C=O) groups is 4. The number of hydrogen-bond acceptors (Lipinski definition) is 11. The van der Waals surface area contributed by atoms with E-state index in [1.165, 1.54) is 21.3 Å². The third-order valence-electron chi connectivity index (χ3n) is 13.6. The van der Waals surface area contributed by atoms with Crippen LogP contribution in [0, 0.1) is 0 Å². The largest absolute Gasteiger partial charge is 0.493 e. The van der Waals surface area contributed by atoms with Crippen molar-refractivity contribution in [2.45, 2.75) is 0 Å². The number of rotatable bonds is 9. The Morgan fingerprint density at radius 2 is 0.904 bits per heavy atom. The van der Waals surface area contributed by atoms with E-state index in [4.69, 9.17) is 56.4 Å². The number of para-hydroxylation sites is 1. The molecule has 0 N–H and O–H groups in total. The summed E-state index contributed by atoms with van der Waals surface area (Å²) >= 11 is 14.2. The maximum Gasteiger partial charge on any atom is 0.345 e. The summed E-state index contributed by atoms with van der Waals surface area (Å²) in [5.41, 5.74) is 7.66. The van der Waals surface area contributed by atoms with E-state index in [9.17, 15) is 19.2 Å². The molecule has 13 rings (SSSR count). The predicted molar refractivity (Wildman–Crippen MR) is 273 cm³/mol. The minimum absolute atomic E-state index is 0.000215. The second-order valence-electron chi connectivity index (χ2n) is 17.4. The molecule has 9 aromatic rings. The Morgan fingerprint density at radius 3 is 1.51 bits per heavy atom. The summed E-state index contributed by atoms with van der Waals surface area (Å²) in [5.74, 6) is -0.736. The first kappa shape index (κ1) is 43.9. The summed E-state index contributed by atoms with van der Waals surface area (Å²) in [7, 11) is 4.39. The Bertz CT molecular complexity index is 4290. The molecule has 8 aromatic carbocycles. The van der Waals surface area contributed by atoms with Crippen LogP contribution in [0.25, 0.3) is 60.9 Å². The highest BCUT2D eigenvalue weighted by atomic mass is 35.5. The highest BCUT2D eigenvalue weighted by molar-refractivity contribution is 6.39. The van der Waals surface area contributed by atoms with Crippen molar-refractivity contribution >= 4 is 91.2 Å². The molecule has 0 spiro atoms. The SMILES string of the molecule is COc1cc(C2=c3c(Cl)c4c(c(Cl)c3OC2=O)=C(c2cccc(-c3ccc5c(c3)c3ccccc3n5-c3ccc(C5=c6cc7c(cc6OC5=O)=C(c5ccccc5)C(=O)O7)cc3)c2)C(=O)O4)cc(OC)c1OC. The number of nitrogens with zero attached hydrogens (tertiary/aromatic N) is 1. The van der Waals surface area contributed by atoms with Gasteiger partial charge < -0.3 is 37.7 Å². The maximum atomic E-state index is 13.9. The fraction of sp³-hybridized carbons (Fsp3) is 0.0508. The van der Waals surface area contributed by atoms with Gasteiger partial charge in [-0.2, -0.15) is 0 Å². The first-order chi connectivity index (χ1) is 35.5. The van der Waals surface area contributed by atoms with Gasteiger partial charge in [0.15, 0.2) is 23.0 Å². The van der Waals surface area contributed by atoms with Gasteiger partial charge in [0.25, 0.3) is 0 Å². The molecule has 0 saturated heterocycles. The predicted octanol–water partition coefficient (Wildman–Crippen LogP) is 8.26. The number of halogens is 2. The van der Waals surface area contributed by atoms with Crippen LogP contribution in [-0.2, 0) is 19.2 Å². The van der Waals surface area contributed by atoms with Crippen LogP contribution in [-0.4, -0.2) is 49.8 Å². The topological polar surface area (TPSA) is 138 Å². The van der Waals surface area contributed by atoms with Gasteiger partial charge in [-0.3, -0.25) is 0 Å². The van der Waals surface area contributed by atoms with Crippen LogP contribution in [0.1, 0.15) is 22.3 Å². The number of aromatic nitrogens is 1. The van der Waals surface area contributed by atoms with Crippen LogP contribution < -0.4 is 54.0 Å². The Hall–Kier alpha value is -9.10. The lowest BCUT2D eigenvalue weighted by atomic mass is 9.96. The molecule has 354 valence electrons. The smallest absolute Gasteiger partial charge is 0.345 e. The Balaban J connectivity index is 0.881. The number of esters is 4. The molecule has 0 aliphatic carbocycles. The van der Waals surface area contributed by atoms with E-state index in [2.05, 4.69) is 28.8 Å². The lowest BCUT2D eigenvalue weighted by Gasteiger charge is -2.14. The Labute approximate surface area is 423 Å². The molecule has 12 nitrogen and oxygen atoms in total. The average Bonchev–Trinajstić information content (AvgIpc) is 4.21. The summed E-state index contributed by atoms with van der Waals surface area (Å²) in [6.07, 6.45) is 0. The van der Waals surface area contributed by atoms with Crippen LogP contribution in [0.4, 0.5) is 0 Å². The van der Waals surface area contributed by atoms with Crippen molar-refractivity contribution in [2.24, 2.45) is 0 Å². The fourth-order valence-electron chi connectivity index (χ4n) is 10.4. The number of hydrogen-bond donors (Lipinski definition) is 0. The van der Waals surface area contributed by atoms with Crippen LogP contribution >= 0.6 is 23.2 Å². The zero-order chi connectivity index (χ0) is 50.0. The molecule has 14 heteroatoms. The number of fused-ring (bicyclic) bond motifs is 7. The molecule has 1 aromatic heterocycles. The molecule has 0 amide bonds. The van der Waals surface area contributed by atoms with Crippen LogP contribution in [0.3, 0.4) is 0 Å². The fourth-order valence-corrected chi connectivity index (χ4v) is 11.0. The van der Waals surface area contributed by atoms with Gasteiger partial charge in [0.2, 0.25) is 5.75 Å². The summed E-state index contributed by atoms with van der Waals surface area (Å²) in [6.45, 7) is 0. The number of carbonyl (C=O) groups excluding carboxylic acids is 4. The lowest BCUT2D eigenvalue weighted by Crippen LogP contribution is -2.15. The van der Waals surface area contributed by atoms with Crippen LogP contribution in [0.2, 0.25) is 10.0 Å². The van der Waals surface area contributed by atoms with E-state index in [0.29, 0.717) is 72.6 Å². The average molecular weight is 1000 g/mol. The lowest BCUT2D eigenvalue weighted by molar-refractivity contribution is -0.128. The van der Waals surface area contributed by atoms with Gasteiger partial charge in [-0.1, -0.05) is 108 Å². The standard InChI is InChI=1S/C59H33Cl2NO11/c1-67-43-24-33(25-44(68-2)53(43)69-3)48-50-52(61)54-49(51(60)55(50)73-59(48)66)47(58(65)72-54)32-13-9-12-30(22-32)31-18-21-40-36(23-31)35-14-7-8-15-39(35)62(40)34-19-16-29(17-20-34)46-38-27-41-37(26-42(38)71-57(46)64)45(56(63)70-41)28-10-5-4-6-11-28/h4-27H,1-3H3. The molecule has 4 aliphatic rings. The molecule has 73 heavy (non-hydrogen) atoms. The van der Waals surface area contributed by atoms with Crippen molar-refractivity contribution in [2.75, 3.05) is 21.3 Å². The van der Waals surface area contributed by atoms with Gasteiger partial charge in [0.1, 0.15) is 11.5 Å². The van der Waals surface area contributed by atoms with Gasteiger partial charge in [0, 0.05) is 26.9 Å². The number of methoxy groups -OCH3 is 3. The van der Waals surface area contributed by atoms with Crippen molar-refractivity contribution in [3.8, 4) is 57.1 Å². The normalized spacial score (nSPS) is 14.3. The third-order valence-corrected chi connectivity index (χ3v) is 14.3. The molecule has 5 heterocycles. The van der Waals surface area contributed by atoms with Crippen molar-refractivity contribution in [1.82, 2.24) is 4.57 Å². The van der Waals surface area contributed by atoms with Crippen LogP contribution in [0.5, 0.6) is 40.2 Å². The second-order valence-corrected chi connectivity index (χ2v) is 18.2. The summed E-state index contributed by atoms with van der Waals surface area (Å²) in [6, 6.07) is 45.3. The zero-order valence-electron chi connectivity index (χ0n) is 38.6. The first-order valence-corrected chi connectivity index (χ1v) is 23.5. The van der Waals surface area contributed by atoms with Gasteiger partial charge in [0.05, 0.1) is 75.1 Å². The highest BCUT2D eigenvalue weighted by Gasteiger charge is 2.38. The van der Waals surface area contributed by atoms with E-state index >= 15 is 0 Å². The molecule has 0 unspecified atom stereocenters. The summed E-state index contributed by atoms with van der Waals surface area (Å²) in [5, 5.41) is 3.42. The third kappa shape index (κ3) is 6.54. The molecule has 0 radical (unpaired) electrons. The van der Waals surface area contributed by atoms with E-state index in [0.717, 1.165) is 38.6 Å². The molecule has 0 bridgehead atoms. The van der Waals surface area contributed by atoms with Crippen molar-refractivity contribution < 1.29 is 52.3 Å². The van der Waals surface area contributed by atoms with Gasteiger partial charge in [-0.15, -0.1) is 0 Å². The van der Waals surface area contributed by atoms with Gasteiger partial charge >= 0.3 is 23.9 Å². The van der Waals surface area contributed by atoms with Crippen LogP contribution in [0.15, 0.2) is 146 Å². The summed E-state index contributed by atoms with van der Waals surface area (Å²) < 4.78 is 41.8. The first-order valence-electron chi connectivity index (χ1n) is 22.8. The van der Waals surface area contributed by atoms with Crippen molar-refractivity contribution in [1.29, 1.82) is 0 Å². The quantitative estimate of drug-likeness (QED) is 0.102. The Kier molecular flexibility index (Phi) is 9.91. The molecular weight excluding hydrogens is 970 g/mol. The monoisotopic (exact) mass is 1000 g/mol. The zero-order valence-corrected chi connectivity index (χ0v) is 40.1. The Morgan fingerprint density at radius 1 is 0.411 bits per heavy atom. The number of ether oxygens (including phenoxy) is 7.